The summed E-state index contributed by atoms with van der Waals surface area (Å²) in [6.07, 6.45) is 2.38. The molecule has 0 amide bonds. The minimum atomic E-state index is -3.60. The van der Waals surface area contributed by atoms with Gasteiger partial charge in [-0.15, -0.1) is 0 Å². The molecule has 5 nitrogen and oxygen atoms in total. The summed E-state index contributed by atoms with van der Waals surface area (Å²) in [5, 5.41) is 9.17. The lowest BCUT2D eigenvalue weighted by Crippen LogP contribution is -2.27. The smallest absolute Gasteiger partial charge is 0.335 e. The molecule has 0 unspecified atom stereocenters. The Balaban J connectivity index is 1.72. The van der Waals surface area contributed by atoms with Crippen molar-refractivity contribution in [2.24, 2.45) is 0 Å². The highest BCUT2D eigenvalue weighted by Gasteiger charge is 2.29. The summed E-state index contributed by atoms with van der Waals surface area (Å²) in [5.74, 6) is -0.668. The van der Waals surface area contributed by atoms with Gasteiger partial charge in [0.2, 0.25) is 10.0 Å². The third kappa shape index (κ3) is 3.66. The first kappa shape index (κ1) is 16.7. The van der Waals surface area contributed by atoms with E-state index in [4.69, 9.17) is 5.11 Å². The molecular weight excluding hydrogens is 326 g/mol. The second-order valence-corrected chi connectivity index (χ2v) is 7.66. The lowest BCUT2D eigenvalue weighted by Gasteiger charge is -2.11. The van der Waals surface area contributed by atoms with Crippen LogP contribution in [0.4, 0.5) is 0 Å². The van der Waals surface area contributed by atoms with Crippen LogP contribution in [0.25, 0.3) is 0 Å². The largest absolute Gasteiger partial charge is 0.478 e. The molecule has 2 aromatic rings. The van der Waals surface area contributed by atoms with Gasteiger partial charge in [-0.1, -0.05) is 36.4 Å². The van der Waals surface area contributed by atoms with Crippen molar-refractivity contribution in [1.29, 1.82) is 0 Å². The highest BCUT2D eigenvalue weighted by molar-refractivity contribution is 7.89. The molecule has 0 aliphatic heterocycles. The average Bonchev–Trinajstić information content (AvgIpc) is 3.40. The minimum Gasteiger partial charge on any atom is -0.478 e. The Bertz CT molecular complexity index is 857. The fraction of sp³-hybridized carbons (Fsp3) is 0.278. The Morgan fingerprint density at radius 2 is 1.75 bits per heavy atom. The highest BCUT2D eigenvalue weighted by Crippen LogP contribution is 2.42. The zero-order valence-electron chi connectivity index (χ0n) is 13.1. The Morgan fingerprint density at radius 3 is 2.46 bits per heavy atom. The summed E-state index contributed by atoms with van der Waals surface area (Å²) in [7, 11) is -3.60. The minimum absolute atomic E-state index is 0.158. The first-order chi connectivity index (χ1) is 11.5. The van der Waals surface area contributed by atoms with Crippen molar-refractivity contribution in [3.8, 4) is 0 Å². The monoisotopic (exact) mass is 345 g/mol. The topological polar surface area (TPSA) is 83.5 Å². The zero-order chi connectivity index (χ0) is 17.2. The molecule has 0 atom stereocenters. The van der Waals surface area contributed by atoms with Gasteiger partial charge in [-0.25, -0.2) is 17.9 Å². The van der Waals surface area contributed by atoms with Gasteiger partial charge in [-0.05, 0) is 48.4 Å². The van der Waals surface area contributed by atoms with Crippen LogP contribution in [0, 0.1) is 0 Å². The molecule has 0 spiro atoms. The Labute approximate surface area is 141 Å². The fourth-order valence-electron chi connectivity index (χ4n) is 2.80. The molecule has 2 aromatic carbocycles. The third-order valence-electron chi connectivity index (χ3n) is 4.16. The molecule has 1 saturated carbocycles. The van der Waals surface area contributed by atoms with Gasteiger partial charge in [0.15, 0.2) is 0 Å². The molecule has 126 valence electrons. The van der Waals surface area contributed by atoms with Gasteiger partial charge >= 0.3 is 5.97 Å². The molecule has 6 heteroatoms. The van der Waals surface area contributed by atoms with Crippen molar-refractivity contribution in [2.75, 3.05) is 6.54 Å². The first-order valence-corrected chi connectivity index (χ1v) is 9.37. The Morgan fingerprint density at radius 1 is 1.08 bits per heavy atom. The summed E-state index contributed by atoms with van der Waals surface area (Å²) < 4.78 is 27.7. The van der Waals surface area contributed by atoms with Gasteiger partial charge in [0.25, 0.3) is 0 Å². The zero-order valence-corrected chi connectivity index (χ0v) is 13.9. The third-order valence-corrected chi connectivity index (χ3v) is 5.69. The summed E-state index contributed by atoms with van der Waals surface area (Å²) in [5.41, 5.74) is 1.69. The summed E-state index contributed by atoms with van der Waals surface area (Å²) in [6.45, 7) is 0.158. The van der Waals surface area contributed by atoms with E-state index in [1.807, 2.05) is 12.1 Å². The van der Waals surface area contributed by atoms with Gasteiger partial charge < -0.3 is 5.11 Å². The van der Waals surface area contributed by atoms with Crippen LogP contribution < -0.4 is 4.72 Å². The molecular formula is C18H19NO4S. The van der Waals surface area contributed by atoms with Gasteiger partial charge in [0, 0.05) is 6.54 Å². The fourth-order valence-corrected chi connectivity index (χ4v) is 4.13. The maximum atomic E-state index is 12.6. The molecule has 0 heterocycles. The molecule has 24 heavy (non-hydrogen) atoms. The number of hydrogen-bond donors (Lipinski definition) is 2. The lowest BCUT2D eigenvalue weighted by molar-refractivity contribution is 0.0695. The predicted molar refractivity (Wildman–Crippen MR) is 90.7 cm³/mol. The number of sulfonamides is 1. The van der Waals surface area contributed by atoms with E-state index < -0.39 is 16.0 Å². The molecule has 1 aliphatic rings. The lowest BCUT2D eigenvalue weighted by atomic mass is 10.1. The van der Waals surface area contributed by atoms with E-state index in [0.29, 0.717) is 22.8 Å². The van der Waals surface area contributed by atoms with E-state index >= 15 is 0 Å². The van der Waals surface area contributed by atoms with Gasteiger partial charge in [0.1, 0.15) is 0 Å². The van der Waals surface area contributed by atoms with Crippen molar-refractivity contribution >= 4 is 16.0 Å². The number of rotatable bonds is 7. The van der Waals surface area contributed by atoms with Crippen LogP contribution >= 0.6 is 0 Å². The van der Waals surface area contributed by atoms with E-state index in [1.165, 1.54) is 6.07 Å². The van der Waals surface area contributed by atoms with Crippen molar-refractivity contribution in [1.82, 2.24) is 4.72 Å². The number of carboxylic acid groups (broad SMARTS) is 1. The quantitative estimate of drug-likeness (QED) is 0.808. The molecule has 0 radical (unpaired) electrons. The highest BCUT2D eigenvalue weighted by atomic mass is 32.2. The first-order valence-electron chi connectivity index (χ1n) is 7.89. The molecule has 1 aliphatic carbocycles. The SMILES string of the molecule is O=C(O)c1ccccc1CCNS(=O)(=O)c1ccccc1C1CC1. The van der Waals surface area contributed by atoms with Crippen molar-refractivity contribution in [2.45, 2.75) is 30.1 Å². The van der Waals surface area contributed by atoms with E-state index in [-0.39, 0.29) is 12.1 Å². The van der Waals surface area contributed by atoms with Gasteiger partial charge in [-0.3, -0.25) is 0 Å². The van der Waals surface area contributed by atoms with E-state index in [2.05, 4.69) is 4.72 Å². The van der Waals surface area contributed by atoms with Crippen molar-refractivity contribution in [3.63, 3.8) is 0 Å². The van der Waals surface area contributed by atoms with E-state index in [0.717, 1.165) is 18.4 Å². The second kappa shape index (κ2) is 6.75. The number of nitrogens with one attached hydrogen (secondary N) is 1. The molecule has 2 N–H and O–H groups in total. The average molecular weight is 345 g/mol. The van der Waals surface area contributed by atoms with Gasteiger partial charge in [0.05, 0.1) is 10.5 Å². The van der Waals surface area contributed by atoms with Crippen molar-refractivity contribution < 1.29 is 18.3 Å². The van der Waals surface area contributed by atoms with Crippen LogP contribution in [0.3, 0.4) is 0 Å². The Hall–Kier alpha value is -2.18. The van der Waals surface area contributed by atoms with Crippen LogP contribution in [-0.4, -0.2) is 26.0 Å². The summed E-state index contributed by atoms with van der Waals surface area (Å²) in [6, 6.07) is 13.7. The number of carboxylic acids is 1. The maximum Gasteiger partial charge on any atom is 0.335 e. The number of hydrogen-bond acceptors (Lipinski definition) is 3. The summed E-state index contributed by atoms with van der Waals surface area (Å²) in [4.78, 5) is 11.5. The molecule has 1 fully saturated rings. The normalized spacial score (nSPS) is 14.5. The van der Waals surface area contributed by atoms with E-state index in [9.17, 15) is 13.2 Å². The number of carbonyl (C=O) groups is 1. The van der Waals surface area contributed by atoms with Crippen LogP contribution in [0.15, 0.2) is 53.4 Å². The maximum absolute atomic E-state index is 12.6. The van der Waals surface area contributed by atoms with Gasteiger partial charge in [-0.2, -0.15) is 0 Å². The molecule has 0 bridgehead atoms. The van der Waals surface area contributed by atoms with Crippen molar-refractivity contribution in [3.05, 3.63) is 65.2 Å². The van der Waals surface area contributed by atoms with Crippen LogP contribution in [0.2, 0.25) is 0 Å². The van der Waals surface area contributed by atoms with Crippen LogP contribution in [-0.2, 0) is 16.4 Å². The Kier molecular flexibility index (Phi) is 4.69. The van der Waals surface area contributed by atoms with Crippen LogP contribution in [0.1, 0.15) is 40.2 Å². The standard InChI is InChI=1S/C18H19NO4S/c20-18(21)16-7-2-1-5-13(16)11-12-19-24(22,23)17-8-4-3-6-15(17)14-9-10-14/h1-8,14,19H,9-12H2,(H,20,21). The second-order valence-electron chi connectivity index (χ2n) is 5.92. The predicted octanol–water partition coefficient (Wildman–Crippen LogP) is 2.78. The van der Waals surface area contributed by atoms with Crippen LogP contribution in [0.5, 0.6) is 0 Å². The molecule has 3 rings (SSSR count). The summed E-state index contributed by atoms with van der Waals surface area (Å²) >= 11 is 0. The van der Waals surface area contributed by atoms with E-state index in [1.54, 1.807) is 30.3 Å². The number of benzene rings is 2. The molecule has 0 saturated heterocycles. The molecule has 0 aromatic heterocycles. The number of aromatic carboxylic acids is 1.